The Hall–Kier alpha value is -1.62. The number of rotatable bonds is 5. The lowest BCUT2D eigenvalue weighted by Gasteiger charge is -2.24. The summed E-state index contributed by atoms with van der Waals surface area (Å²) in [5.74, 6) is 0.518. The number of aromatic nitrogens is 1. The molecule has 5 heteroatoms. The van der Waals surface area contributed by atoms with Crippen LogP contribution >= 0.6 is 0 Å². The van der Waals surface area contributed by atoms with E-state index in [1.54, 1.807) is 19.3 Å². The molecule has 1 N–H and O–H groups in total. The maximum absolute atomic E-state index is 12.0. The van der Waals surface area contributed by atoms with Gasteiger partial charge in [-0.3, -0.25) is 9.59 Å². The molecule has 19 heavy (non-hydrogen) atoms. The number of aryl methyl sites for hydroxylation is 1. The third kappa shape index (κ3) is 3.44. The van der Waals surface area contributed by atoms with Crippen molar-refractivity contribution < 1.29 is 4.79 Å². The number of amides is 1. The predicted octanol–water partition coefficient (Wildman–Crippen LogP) is 0.455. The Morgan fingerprint density at radius 2 is 2.21 bits per heavy atom. The summed E-state index contributed by atoms with van der Waals surface area (Å²) in [7, 11) is 5.74. The molecule has 1 fully saturated rings. The van der Waals surface area contributed by atoms with E-state index in [4.69, 9.17) is 0 Å². The van der Waals surface area contributed by atoms with E-state index in [1.807, 2.05) is 14.1 Å². The molecule has 1 saturated carbocycles. The highest BCUT2D eigenvalue weighted by molar-refractivity contribution is 5.93. The Morgan fingerprint density at radius 3 is 2.74 bits per heavy atom. The molecular formula is C14H21N3O2. The minimum atomic E-state index is -0.176. The van der Waals surface area contributed by atoms with Crippen LogP contribution in [0.1, 0.15) is 23.2 Å². The fourth-order valence-electron chi connectivity index (χ4n) is 2.24. The molecule has 0 spiro atoms. The number of pyridine rings is 1. The van der Waals surface area contributed by atoms with Gasteiger partial charge in [-0.05, 0) is 38.9 Å². The minimum Gasteiger partial charge on any atom is -0.350 e. The van der Waals surface area contributed by atoms with Crippen LogP contribution in [0.5, 0.6) is 0 Å². The van der Waals surface area contributed by atoms with Gasteiger partial charge in [0.1, 0.15) is 0 Å². The standard InChI is InChI=1S/C14H21N3O2/c1-16(2)12(10-4-5-10)9-15-14(19)11-6-7-17(3)13(18)8-11/h6-8,10,12H,4-5,9H2,1-3H3,(H,15,19)/t12-/m1/s1. The Morgan fingerprint density at radius 1 is 1.53 bits per heavy atom. The fourth-order valence-corrected chi connectivity index (χ4v) is 2.24. The maximum Gasteiger partial charge on any atom is 0.251 e. The summed E-state index contributed by atoms with van der Waals surface area (Å²) in [6, 6.07) is 3.42. The van der Waals surface area contributed by atoms with Gasteiger partial charge in [0, 0.05) is 37.5 Å². The van der Waals surface area contributed by atoms with Crippen molar-refractivity contribution >= 4 is 5.91 Å². The van der Waals surface area contributed by atoms with Gasteiger partial charge < -0.3 is 14.8 Å². The second-order valence-corrected chi connectivity index (χ2v) is 5.44. The normalized spacial score (nSPS) is 16.4. The van der Waals surface area contributed by atoms with Crippen molar-refractivity contribution in [2.45, 2.75) is 18.9 Å². The first kappa shape index (κ1) is 13.8. The molecule has 1 aromatic heterocycles. The first-order valence-electron chi connectivity index (χ1n) is 6.60. The molecule has 0 aromatic carbocycles. The van der Waals surface area contributed by atoms with E-state index in [2.05, 4.69) is 10.2 Å². The van der Waals surface area contributed by atoms with Crippen LogP contribution < -0.4 is 10.9 Å². The Balaban J connectivity index is 1.96. The highest BCUT2D eigenvalue weighted by Crippen LogP contribution is 2.34. The second kappa shape index (κ2) is 5.57. The first-order valence-corrected chi connectivity index (χ1v) is 6.60. The summed E-state index contributed by atoms with van der Waals surface area (Å²) in [6.07, 6.45) is 4.09. The number of nitrogens with zero attached hydrogens (tertiary/aromatic N) is 2. The van der Waals surface area contributed by atoms with E-state index in [1.165, 1.54) is 23.5 Å². The number of nitrogens with one attached hydrogen (secondary N) is 1. The van der Waals surface area contributed by atoms with E-state index in [9.17, 15) is 9.59 Å². The summed E-state index contributed by atoms with van der Waals surface area (Å²) in [5, 5.41) is 2.92. The Bertz CT molecular complexity index is 516. The molecule has 1 amide bonds. The number of carbonyl (C=O) groups excluding carboxylic acids is 1. The van der Waals surface area contributed by atoms with Gasteiger partial charge in [-0.1, -0.05) is 0 Å². The zero-order chi connectivity index (χ0) is 14.0. The van der Waals surface area contributed by atoms with Crippen molar-refractivity contribution in [3.63, 3.8) is 0 Å². The van der Waals surface area contributed by atoms with Crippen LogP contribution in [0.25, 0.3) is 0 Å². The topological polar surface area (TPSA) is 54.3 Å². The predicted molar refractivity (Wildman–Crippen MR) is 74.2 cm³/mol. The highest BCUT2D eigenvalue weighted by Gasteiger charge is 2.32. The molecule has 1 aliphatic carbocycles. The molecule has 0 radical (unpaired) electrons. The first-order chi connectivity index (χ1) is 8.99. The number of hydrogen-bond acceptors (Lipinski definition) is 3. The molecule has 0 saturated heterocycles. The number of hydrogen-bond donors (Lipinski definition) is 1. The molecular weight excluding hydrogens is 242 g/mol. The maximum atomic E-state index is 12.0. The van der Waals surface area contributed by atoms with Crippen LogP contribution in [-0.4, -0.2) is 42.1 Å². The molecule has 0 bridgehead atoms. The third-order valence-corrected chi connectivity index (χ3v) is 3.67. The lowest BCUT2D eigenvalue weighted by Crippen LogP contribution is -2.41. The molecule has 1 heterocycles. The van der Waals surface area contributed by atoms with E-state index in [0.29, 0.717) is 24.1 Å². The lowest BCUT2D eigenvalue weighted by atomic mass is 10.1. The molecule has 5 nitrogen and oxygen atoms in total. The molecule has 0 unspecified atom stereocenters. The lowest BCUT2D eigenvalue weighted by molar-refractivity contribution is 0.0938. The van der Waals surface area contributed by atoms with Gasteiger partial charge in [-0.25, -0.2) is 0 Å². The van der Waals surface area contributed by atoms with Gasteiger partial charge in [-0.15, -0.1) is 0 Å². The molecule has 1 aliphatic rings. The van der Waals surface area contributed by atoms with E-state index in [-0.39, 0.29) is 11.5 Å². The van der Waals surface area contributed by atoms with E-state index >= 15 is 0 Å². The van der Waals surface area contributed by atoms with Crippen molar-refractivity contribution in [1.29, 1.82) is 0 Å². The van der Waals surface area contributed by atoms with Crippen molar-refractivity contribution in [3.05, 3.63) is 34.2 Å². The largest absolute Gasteiger partial charge is 0.350 e. The van der Waals surface area contributed by atoms with E-state index in [0.717, 1.165) is 0 Å². The van der Waals surface area contributed by atoms with Crippen molar-refractivity contribution in [2.24, 2.45) is 13.0 Å². The van der Waals surface area contributed by atoms with Crippen molar-refractivity contribution in [3.8, 4) is 0 Å². The quantitative estimate of drug-likeness (QED) is 0.839. The summed E-state index contributed by atoms with van der Waals surface area (Å²) >= 11 is 0. The van der Waals surface area contributed by atoms with Crippen LogP contribution in [0.2, 0.25) is 0 Å². The van der Waals surface area contributed by atoms with Crippen molar-refractivity contribution in [1.82, 2.24) is 14.8 Å². The Kier molecular flexibility index (Phi) is 4.04. The van der Waals surface area contributed by atoms with E-state index < -0.39 is 0 Å². The van der Waals surface area contributed by atoms with Gasteiger partial charge in [0.2, 0.25) is 0 Å². The summed E-state index contributed by atoms with van der Waals surface area (Å²) in [4.78, 5) is 25.6. The second-order valence-electron chi connectivity index (χ2n) is 5.44. The third-order valence-electron chi connectivity index (χ3n) is 3.67. The minimum absolute atomic E-state index is 0.168. The van der Waals surface area contributed by atoms with Gasteiger partial charge in [0.15, 0.2) is 0 Å². The summed E-state index contributed by atoms with van der Waals surface area (Å²) in [5.41, 5.74) is 0.260. The fraction of sp³-hybridized carbons (Fsp3) is 0.571. The molecule has 0 aliphatic heterocycles. The highest BCUT2D eigenvalue weighted by atomic mass is 16.2. The smallest absolute Gasteiger partial charge is 0.251 e. The van der Waals surface area contributed by atoms with Gasteiger partial charge in [0.25, 0.3) is 11.5 Å². The number of likely N-dealkylation sites (N-methyl/N-ethyl adjacent to an activating group) is 1. The SMILES string of the molecule is CN(C)[C@H](CNC(=O)c1ccn(C)c(=O)c1)C1CC1. The van der Waals surface area contributed by atoms with Crippen LogP contribution in [0.3, 0.4) is 0 Å². The summed E-state index contributed by atoms with van der Waals surface area (Å²) in [6.45, 7) is 0.631. The average molecular weight is 263 g/mol. The molecule has 104 valence electrons. The van der Waals surface area contributed by atoms with Gasteiger partial charge in [-0.2, -0.15) is 0 Å². The average Bonchev–Trinajstić information content (AvgIpc) is 3.16. The van der Waals surface area contributed by atoms with Crippen LogP contribution in [0.15, 0.2) is 23.1 Å². The van der Waals surface area contributed by atoms with Gasteiger partial charge >= 0.3 is 0 Å². The van der Waals surface area contributed by atoms with Crippen molar-refractivity contribution in [2.75, 3.05) is 20.6 Å². The molecule has 2 rings (SSSR count). The Labute approximate surface area is 113 Å². The molecule has 1 aromatic rings. The zero-order valence-corrected chi connectivity index (χ0v) is 11.7. The van der Waals surface area contributed by atoms with Crippen LogP contribution in [0, 0.1) is 5.92 Å². The monoisotopic (exact) mass is 263 g/mol. The van der Waals surface area contributed by atoms with Crippen LogP contribution in [-0.2, 0) is 7.05 Å². The zero-order valence-electron chi connectivity index (χ0n) is 11.7. The van der Waals surface area contributed by atoms with Gasteiger partial charge in [0.05, 0.1) is 0 Å². The molecule has 1 atom stereocenters. The number of carbonyl (C=O) groups is 1. The summed E-state index contributed by atoms with van der Waals surface area (Å²) < 4.78 is 1.45. The van der Waals surface area contributed by atoms with Crippen LogP contribution in [0.4, 0.5) is 0 Å².